The van der Waals surface area contributed by atoms with Crippen molar-refractivity contribution < 1.29 is 14.3 Å². The van der Waals surface area contributed by atoms with Gasteiger partial charge in [-0.2, -0.15) is 0 Å². The molecule has 0 saturated heterocycles. The molecule has 3 unspecified atom stereocenters. The van der Waals surface area contributed by atoms with E-state index in [1.165, 1.54) is 0 Å². The number of carbonyl (C=O) groups is 1. The van der Waals surface area contributed by atoms with Crippen LogP contribution in [-0.4, -0.2) is 19.2 Å². The number of ether oxygens (including phenoxy) is 2. The normalized spacial score (nSPS) is 25.3. The Morgan fingerprint density at radius 2 is 2.10 bits per heavy atom. The summed E-state index contributed by atoms with van der Waals surface area (Å²) in [6, 6.07) is 9.78. The van der Waals surface area contributed by atoms with Gasteiger partial charge in [0.1, 0.15) is 6.61 Å². The Hall–Kier alpha value is -1.61. The van der Waals surface area contributed by atoms with E-state index in [1.54, 1.807) is 7.11 Å². The molecule has 0 amide bonds. The maximum atomic E-state index is 12.2. The number of carbonyl (C=O) groups excluding carboxylic acids is 1. The van der Waals surface area contributed by atoms with Gasteiger partial charge in [-0.15, -0.1) is 6.58 Å². The van der Waals surface area contributed by atoms with E-state index in [4.69, 9.17) is 9.47 Å². The number of hydrogen-bond acceptors (Lipinski definition) is 3. The molecular formula is C18H24O3. The van der Waals surface area contributed by atoms with Crippen molar-refractivity contribution in [2.75, 3.05) is 7.11 Å². The molecule has 1 saturated carbocycles. The smallest absolute Gasteiger partial charge is 0.309 e. The van der Waals surface area contributed by atoms with Crippen LogP contribution in [0.1, 0.15) is 31.2 Å². The standard InChI is InChI=1S/C18H24O3/c1-3-7-15-10-11-16(12-17(15)20-2)18(19)21-13-14-8-5-4-6-9-14/h3-6,8-9,15-17H,1,7,10-13H2,2H3. The van der Waals surface area contributed by atoms with E-state index < -0.39 is 0 Å². The maximum Gasteiger partial charge on any atom is 0.309 e. The van der Waals surface area contributed by atoms with Crippen molar-refractivity contribution >= 4 is 5.97 Å². The highest BCUT2D eigenvalue weighted by molar-refractivity contribution is 5.72. The first-order chi connectivity index (χ1) is 10.2. The quantitative estimate of drug-likeness (QED) is 0.591. The van der Waals surface area contributed by atoms with E-state index >= 15 is 0 Å². The molecule has 0 radical (unpaired) electrons. The van der Waals surface area contributed by atoms with Gasteiger partial charge in [-0.3, -0.25) is 4.79 Å². The number of hydrogen-bond donors (Lipinski definition) is 0. The van der Waals surface area contributed by atoms with Crippen molar-refractivity contribution in [2.24, 2.45) is 11.8 Å². The topological polar surface area (TPSA) is 35.5 Å². The van der Waals surface area contributed by atoms with E-state index in [9.17, 15) is 4.79 Å². The lowest BCUT2D eigenvalue weighted by Crippen LogP contribution is -2.34. The van der Waals surface area contributed by atoms with Crippen LogP contribution in [0, 0.1) is 11.8 Å². The molecule has 0 heterocycles. The predicted octanol–water partition coefficient (Wildman–Crippen LogP) is 3.74. The number of esters is 1. The number of benzene rings is 1. The average Bonchev–Trinajstić information content (AvgIpc) is 2.54. The molecule has 3 atom stereocenters. The summed E-state index contributed by atoms with van der Waals surface area (Å²) >= 11 is 0. The molecule has 3 nitrogen and oxygen atoms in total. The molecule has 1 fully saturated rings. The van der Waals surface area contributed by atoms with Gasteiger partial charge in [0.15, 0.2) is 0 Å². The Morgan fingerprint density at radius 3 is 2.76 bits per heavy atom. The summed E-state index contributed by atoms with van der Waals surface area (Å²) in [4.78, 5) is 12.2. The molecule has 0 bridgehead atoms. The third kappa shape index (κ3) is 4.43. The molecule has 0 aliphatic heterocycles. The monoisotopic (exact) mass is 288 g/mol. The first-order valence-corrected chi connectivity index (χ1v) is 7.58. The molecule has 21 heavy (non-hydrogen) atoms. The van der Waals surface area contributed by atoms with E-state index in [-0.39, 0.29) is 18.0 Å². The molecule has 3 heteroatoms. The lowest BCUT2D eigenvalue weighted by molar-refractivity contribution is -0.153. The Kier molecular flexibility index (Phi) is 6.00. The van der Waals surface area contributed by atoms with Gasteiger partial charge in [-0.05, 0) is 37.2 Å². The van der Waals surface area contributed by atoms with E-state index in [1.807, 2.05) is 36.4 Å². The zero-order valence-electron chi connectivity index (χ0n) is 12.7. The third-order valence-electron chi connectivity index (χ3n) is 4.26. The summed E-state index contributed by atoms with van der Waals surface area (Å²) in [5, 5.41) is 0. The average molecular weight is 288 g/mol. The summed E-state index contributed by atoms with van der Waals surface area (Å²) in [5.41, 5.74) is 1.02. The van der Waals surface area contributed by atoms with Gasteiger partial charge in [0.05, 0.1) is 12.0 Å². The van der Waals surface area contributed by atoms with Crippen LogP contribution in [0.5, 0.6) is 0 Å². The summed E-state index contributed by atoms with van der Waals surface area (Å²) in [6.07, 6.45) is 5.64. The zero-order valence-corrected chi connectivity index (χ0v) is 12.7. The van der Waals surface area contributed by atoms with Crippen LogP contribution in [0.4, 0.5) is 0 Å². The van der Waals surface area contributed by atoms with Crippen LogP contribution in [0.3, 0.4) is 0 Å². The van der Waals surface area contributed by atoms with Crippen molar-refractivity contribution in [1.82, 2.24) is 0 Å². The second-order valence-corrected chi connectivity index (χ2v) is 5.66. The second-order valence-electron chi connectivity index (χ2n) is 5.66. The van der Waals surface area contributed by atoms with Crippen molar-refractivity contribution in [3.63, 3.8) is 0 Å². The van der Waals surface area contributed by atoms with Gasteiger partial charge in [-0.25, -0.2) is 0 Å². The third-order valence-corrected chi connectivity index (χ3v) is 4.26. The summed E-state index contributed by atoms with van der Waals surface area (Å²) in [7, 11) is 1.72. The zero-order chi connectivity index (χ0) is 15.1. The van der Waals surface area contributed by atoms with Crippen molar-refractivity contribution in [2.45, 2.75) is 38.4 Å². The molecule has 1 aliphatic rings. The van der Waals surface area contributed by atoms with Crippen LogP contribution in [0.15, 0.2) is 43.0 Å². The molecule has 0 spiro atoms. The Labute approximate surface area is 127 Å². The van der Waals surface area contributed by atoms with Gasteiger partial charge < -0.3 is 9.47 Å². The fourth-order valence-electron chi connectivity index (χ4n) is 3.02. The Balaban J connectivity index is 1.84. The van der Waals surface area contributed by atoms with E-state index in [0.29, 0.717) is 12.5 Å². The lowest BCUT2D eigenvalue weighted by atomic mass is 9.78. The number of allylic oxidation sites excluding steroid dienone is 1. The molecule has 2 rings (SSSR count). The van der Waals surface area contributed by atoms with E-state index in [2.05, 4.69) is 6.58 Å². The van der Waals surface area contributed by atoms with Crippen molar-refractivity contribution in [3.8, 4) is 0 Å². The van der Waals surface area contributed by atoms with E-state index in [0.717, 1.165) is 31.2 Å². The van der Waals surface area contributed by atoms with Crippen LogP contribution in [0.25, 0.3) is 0 Å². The maximum absolute atomic E-state index is 12.2. The van der Waals surface area contributed by atoms with Crippen LogP contribution in [-0.2, 0) is 20.9 Å². The first kappa shape index (κ1) is 15.8. The lowest BCUT2D eigenvalue weighted by Gasteiger charge is -2.33. The Bertz CT molecular complexity index is 455. The molecule has 1 aromatic carbocycles. The van der Waals surface area contributed by atoms with Gasteiger partial charge in [0.2, 0.25) is 0 Å². The first-order valence-electron chi connectivity index (χ1n) is 7.58. The second kappa shape index (κ2) is 7.99. The van der Waals surface area contributed by atoms with Gasteiger partial charge in [-0.1, -0.05) is 36.4 Å². The molecule has 0 aromatic heterocycles. The highest BCUT2D eigenvalue weighted by Gasteiger charge is 2.34. The van der Waals surface area contributed by atoms with Crippen LogP contribution in [0.2, 0.25) is 0 Å². The summed E-state index contributed by atoms with van der Waals surface area (Å²) in [5.74, 6) is 0.336. The molecule has 1 aliphatic carbocycles. The minimum atomic E-state index is -0.0991. The number of rotatable bonds is 6. The predicted molar refractivity (Wildman–Crippen MR) is 82.7 cm³/mol. The fourth-order valence-corrected chi connectivity index (χ4v) is 3.02. The molecule has 0 N–H and O–H groups in total. The Morgan fingerprint density at radius 1 is 1.33 bits per heavy atom. The summed E-state index contributed by atoms with van der Waals surface area (Å²) < 4.78 is 11.0. The highest BCUT2D eigenvalue weighted by Crippen LogP contribution is 2.33. The minimum Gasteiger partial charge on any atom is -0.461 e. The van der Waals surface area contributed by atoms with Gasteiger partial charge in [0, 0.05) is 7.11 Å². The minimum absolute atomic E-state index is 0.0419. The number of methoxy groups -OCH3 is 1. The highest BCUT2D eigenvalue weighted by atomic mass is 16.5. The molecule has 114 valence electrons. The van der Waals surface area contributed by atoms with Crippen molar-refractivity contribution in [1.29, 1.82) is 0 Å². The fraction of sp³-hybridized carbons (Fsp3) is 0.500. The largest absolute Gasteiger partial charge is 0.461 e. The van der Waals surface area contributed by atoms with Crippen LogP contribution >= 0.6 is 0 Å². The summed E-state index contributed by atoms with van der Waals surface area (Å²) in [6.45, 7) is 4.14. The van der Waals surface area contributed by atoms with Gasteiger partial charge >= 0.3 is 5.97 Å². The van der Waals surface area contributed by atoms with Crippen molar-refractivity contribution in [3.05, 3.63) is 48.6 Å². The van der Waals surface area contributed by atoms with Crippen LogP contribution < -0.4 is 0 Å². The SMILES string of the molecule is C=CCC1CCC(C(=O)OCc2ccccc2)CC1OC. The molecule has 1 aromatic rings. The van der Waals surface area contributed by atoms with Gasteiger partial charge in [0.25, 0.3) is 0 Å². The molecular weight excluding hydrogens is 264 g/mol.